The Morgan fingerprint density at radius 3 is 2.32 bits per heavy atom. The fraction of sp³-hybridized carbons (Fsp3) is 0.448. The van der Waals surface area contributed by atoms with Gasteiger partial charge in [-0.05, 0) is 47.4 Å². The Morgan fingerprint density at radius 2 is 1.81 bits per heavy atom. The molecule has 0 spiro atoms. The summed E-state index contributed by atoms with van der Waals surface area (Å²) in [4.78, 5) is 28.6. The number of rotatable bonds is 9. The second-order valence-corrected chi connectivity index (χ2v) is 17.0. The number of amides is 1. The molecule has 0 aliphatic carbocycles. The van der Waals surface area contributed by atoms with Gasteiger partial charge < -0.3 is 19.5 Å². The normalized spacial score (nSPS) is 21.5. The first-order chi connectivity index (χ1) is 17.3. The number of hydrogen-bond acceptors (Lipinski definition) is 5. The maximum absolute atomic E-state index is 13.2. The molecule has 7 nitrogen and oxygen atoms in total. The van der Waals surface area contributed by atoms with Crippen LogP contribution in [0.15, 0.2) is 49.0 Å². The molecule has 1 N–H and O–H groups in total. The molecule has 1 saturated heterocycles. The largest absolute Gasteiger partial charge is 0.465 e. The molecular weight excluding hydrogens is 484 g/mol. The number of benzene rings is 2. The first kappa shape index (κ1) is 28.5. The lowest BCUT2D eigenvalue weighted by molar-refractivity contribution is -0.154. The zero-order valence-electron chi connectivity index (χ0n) is 23.1. The summed E-state index contributed by atoms with van der Waals surface area (Å²) in [5, 5.41) is 10.00. The summed E-state index contributed by atoms with van der Waals surface area (Å²) in [6, 6.07) is 15.0. The van der Waals surface area contributed by atoms with Crippen LogP contribution in [-0.4, -0.2) is 70.0 Å². The van der Waals surface area contributed by atoms with Crippen LogP contribution in [0.25, 0.3) is 17.2 Å². The van der Waals surface area contributed by atoms with E-state index >= 15 is 0 Å². The van der Waals surface area contributed by atoms with Gasteiger partial charge in [-0.15, -0.1) is 0 Å². The quantitative estimate of drug-likeness (QED) is 0.324. The summed E-state index contributed by atoms with van der Waals surface area (Å²) in [5.74, 6) is -0.527. The van der Waals surface area contributed by atoms with Gasteiger partial charge in [0.1, 0.15) is 11.1 Å². The van der Waals surface area contributed by atoms with Crippen molar-refractivity contribution >= 4 is 31.9 Å². The SMILES string of the molecule is C=Cc1cc(N(C)C)ccc1-c1ccc(C2(OC)CN(C(=O)O)C(C)(C(=O)OCC[Si](C)(C)C)C2)cc1. The van der Waals surface area contributed by atoms with Crippen molar-refractivity contribution in [3.63, 3.8) is 0 Å². The number of carbonyl (C=O) groups excluding carboxylic acids is 1. The predicted octanol–water partition coefficient (Wildman–Crippen LogP) is 5.93. The Kier molecular flexibility index (Phi) is 8.24. The highest BCUT2D eigenvalue weighted by Gasteiger charge is 2.59. The minimum Gasteiger partial charge on any atom is -0.465 e. The van der Waals surface area contributed by atoms with Gasteiger partial charge in [0.15, 0.2) is 0 Å². The Bertz CT molecular complexity index is 1160. The second kappa shape index (κ2) is 10.7. The summed E-state index contributed by atoms with van der Waals surface area (Å²) in [6.07, 6.45) is 0.841. The number of ether oxygens (including phenoxy) is 2. The highest BCUT2D eigenvalue weighted by Crippen LogP contribution is 2.45. The van der Waals surface area contributed by atoms with Crippen LogP contribution >= 0.6 is 0 Å². The van der Waals surface area contributed by atoms with Crippen LogP contribution in [0.4, 0.5) is 10.5 Å². The second-order valence-electron chi connectivity index (χ2n) is 11.4. The summed E-state index contributed by atoms with van der Waals surface area (Å²) in [7, 11) is 4.15. The molecule has 0 aromatic heterocycles. The molecule has 2 aromatic rings. The molecule has 1 aliphatic heterocycles. The maximum Gasteiger partial charge on any atom is 0.408 e. The van der Waals surface area contributed by atoms with Crippen molar-refractivity contribution in [2.45, 2.75) is 50.2 Å². The Balaban J connectivity index is 1.91. The number of methoxy groups -OCH3 is 1. The van der Waals surface area contributed by atoms with Gasteiger partial charge in [0.25, 0.3) is 0 Å². The van der Waals surface area contributed by atoms with Crippen LogP contribution in [0.2, 0.25) is 25.7 Å². The highest BCUT2D eigenvalue weighted by molar-refractivity contribution is 6.76. The Labute approximate surface area is 221 Å². The molecule has 200 valence electrons. The number of carboxylic acid groups (broad SMARTS) is 1. The van der Waals surface area contributed by atoms with E-state index in [2.05, 4.69) is 44.4 Å². The van der Waals surface area contributed by atoms with Crippen LogP contribution < -0.4 is 4.90 Å². The molecule has 37 heavy (non-hydrogen) atoms. The van der Waals surface area contributed by atoms with Crippen molar-refractivity contribution < 1.29 is 24.2 Å². The van der Waals surface area contributed by atoms with Gasteiger partial charge in [-0.1, -0.05) is 62.6 Å². The van der Waals surface area contributed by atoms with Crippen LogP contribution in [0.5, 0.6) is 0 Å². The van der Waals surface area contributed by atoms with Crippen molar-refractivity contribution in [2.75, 3.05) is 39.3 Å². The highest BCUT2D eigenvalue weighted by atomic mass is 28.3. The van der Waals surface area contributed by atoms with Gasteiger partial charge in [0.2, 0.25) is 0 Å². The zero-order valence-corrected chi connectivity index (χ0v) is 24.1. The first-order valence-corrected chi connectivity index (χ1v) is 16.2. The minimum absolute atomic E-state index is 0.0350. The lowest BCUT2D eigenvalue weighted by Gasteiger charge is -2.30. The molecule has 0 bridgehead atoms. The molecule has 1 fully saturated rings. The van der Waals surface area contributed by atoms with Crippen LogP contribution in [0.3, 0.4) is 0 Å². The molecule has 8 heteroatoms. The van der Waals surface area contributed by atoms with Gasteiger partial charge in [0.05, 0.1) is 13.2 Å². The Morgan fingerprint density at radius 1 is 1.16 bits per heavy atom. The molecule has 0 radical (unpaired) electrons. The lowest BCUT2D eigenvalue weighted by atomic mass is 9.85. The maximum atomic E-state index is 13.2. The van der Waals surface area contributed by atoms with E-state index < -0.39 is 31.3 Å². The van der Waals surface area contributed by atoms with Crippen LogP contribution in [0.1, 0.15) is 24.5 Å². The number of carbonyl (C=O) groups is 2. The van der Waals surface area contributed by atoms with Gasteiger partial charge in [-0.2, -0.15) is 0 Å². The minimum atomic E-state index is -1.40. The van der Waals surface area contributed by atoms with E-state index in [1.807, 2.05) is 49.3 Å². The van der Waals surface area contributed by atoms with Crippen molar-refractivity contribution in [1.82, 2.24) is 4.90 Å². The van der Waals surface area contributed by atoms with Gasteiger partial charge in [-0.3, -0.25) is 4.90 Å². The molecule has 1 amide bonds. The summed E-state index contributed by atoms with van der Waals surface area (Å²) in [6.45, 7) is 12.6. The van der Waals surface area contributed by atoms with Gasteiger partial charge >= 0.3 is 12.1 Å². The number of esters is 1. The molecule has 2 atom stereocenters. The first-order valence-electron chi connectivity index (χ1n) is 12.5. The van der Waals surface area contributed by atoms with E-state index in [1.165, 1.54) is 0 Å². The summed E-state index contributed by atoms with van der Waals surface area (Å²) >= 11 is 0. The van der Waals surface area contributed by atoms with Crippen LogP contribution in [0, 0.1) is 0 Å². The molecule has 2 aromatic carbocycles. The van der Waals surface area contributed by atoms with E-state index in [9.17, 15) is 14.7 Å². The molecule has 3 rings (SSSR count). The smallest absolute Gasteiger partial charge is 0.408 e. The fourth-order valence-corrected chi connectivity index (χ4v) is 5.58. The number of likely N-dealkylation sites (tertiary alicyclic amines) is 1. The van der Waals surface area contributed by atoms with E-state index in [1.54, 1.807) is 14.0 Å². The zero-order chi connectivity index (χ0) is 27.6. The van der Waals surface area contributed by atoms with Crippen molar-refractivity contribution in [3.8, 4) is 11.1 Å². The van der Waals surface area contributed by atoms with Crippen LogP contribution in [-0.2, 0) is 19.9 Å². The molecule has 0 saturated carbocycles. The third-order valence-corrected chi connectivity index (χ3v) is 8.98. The van der Waals surface area contributed by atoms with Crippen molar-refractivity contribution in [3.05, 3.63) is 60.2 Å². The van der Waals surface area contributed by atoms with E-state index in [0.29, 0.717) is 6.61 Å². The average Bonchev–Trinajstić information content (AvgIpc) is 3.18. The molecule has 1 aliphatic rings. The van der Waals surface area contributed by atoms with E-state index in [4.69, 9.17) is 9.47 Å². The molecule has 1 heterocycles. The standard InChI is InChI=1S/C29H40N2O5Si/c1-9-21-18-24(30(3)4)14-15-25(21)22-10-12-23(13-11-22)29(35-5)19-28(2,31(20-29)27(33)34)26(32)36-16-17-37(6,7)8/h9-15,18H,1,16-17,19-20H2,2-8H3,(H,33,34). The summed E-state index contributed by atoms with van der Waals surface area (Å²) in [5.41, 5.74) is 2.66. The molecule has 2 unspecified atom stereocenters. The number of nitrogens with zero attached hydrogens (tertiary/aromatic N) is 2. The predicted molar refractivity (Wildman–Crippen MR) is 152 cm³/mol. The third-order valence-electron chi connectivity index (χ3n) is 7.28. The number of anilines is 1. The average molecular weight is 525 g/mol. The molecular formula is C29H40N2O5Si. The van der Waals surface area contributed by atoms with Gasteiger partial charge in [-0.25, -0.2) is 9.59 Å². The third kappa shape index (κ3) is 5.91. The van der Waals surface area contributed by atoms with Crippen molar-refractivity contribution in [2.24, 2.45) is 0 Å². The van der Waals surface area contributed by atoms with Gasteiger partial charge in [0, 0.05) is 41.4 Å². The summed E-state index contributed by atoms with van der Waals surface area (Å²) < 4.78 is 11.6. The van der Waals surface area contributed by atoms with E-state index in [-0.39, 0.29) is 13.0 Å². The number of hydrogen-bond donors (Lipinski definition) is 1. The Hall–Kier alpha value is -3.10. The van der Waals surface area contributed by atoms with Crippen molar-refractivity contribution in [1.29, 1.82) is 0 Å². The topological polar surface area (TPSA) is 79.3 Å². The fourth-order valence-electron chi connectivity index (χ4n) is 4.87. The lowest BCUT2D eigenvalue weighted by Crippen LogP contribution is -2.51. The van der Waals surface area contributed by atoms with E-state index in [0.717, 1.165) is 38.9 Å². The monoisotopic (exact) mass is 524 g/mol.